The fourth-order valence-corrected chi connectivity index (χ4v) is 1.48. The molecule has 1 aliphatic heterocycles. The number of hydrogen-bond acceptors (Lipinski definition) is 3. The zero-order valence-corrected chi connectivity index (χ0v) is 9.37. The second-order valence-corrected chi connectivity index (χ2v) is 3.73. The molecule has 1 aliphatic rings. The Bertz CT molecular complexity index is 211. The quantitative estimate of drug-likeness (QED) is 0.721. The van der Waals surface area contributed by atoms with Crippen LogP contribution in [0.2, 0.25) is 0 Å². The van der Waals surface area contributed by atoms with Gasteiger partial charge in [-0.25, -0.2) is 0 Å². The average Bonchev–Trinajstić information content (AvgIpc) is 2.26. The van der Waals surface area contributed by atoms with E-state index in [1.54, 1.807) is 0 Å². The van der Waals surface area contributed by atoms with Crippen molar-refractivity contribution >= 4 is 0 Å². The van der Waals surface area contributed by atoms with E-state index in [0.29, 0.717) is 6.61 Å². The van der Waals surface area contributed by atoms with Crippen LogP contribution >= 0.6 is 0 Å². The van der Waals surface area contributed by atoms with Crippen LogP contribution in [-0.2, 0) is 9.47 Å². The molecular formula is C12H20O3. The lowest BCUT2D eigenvalue weighted by molar-refractivity contribution is -0.154. The summed E-state index contributed by atoms with van der Waals surface area (Å²) in [6, 6.07) is 0. The third kappa shape index (κ3) is 5.78. The Balaban J connectivity index is 2.08. The van der Waals surface area contributed by atoms with E-state index in [4.69, 9.17) is 9.47 Å². The number of aliphatic hydroxyl groups excluding tert-OH is 1. The summed E-state index contributed by atoms with van der Waals surface area (Å²) in [5.74, 6) is 5.56. The van der Waals surface area contributed by atoms with Gasteiger partial charge in [0.25, 0.3) is 0 Å². The Morgan fingerprint density at radius 3 is 3.07 bits per heavy atom. The molecule has 0 radical (unpaired) electrons. The van der Waals surface area contributed by atoms with Gasteiger partial charge < -0.3 is 14.6 Å². The van der Waals surface area contributed by atoms with Crippen molar-refractivity contribution in [3.05, 3.63) is 0 Å². The first-order valence-corrected chi connectivity index (χ1v) is 5.72. The molecule has 1 rings (SSSR count). The second-order valence-electron chi connectivity index (χ2n) is 3.73. The zero-order valence-electron chi connectivity index (χ0n) is 9.37. The van der Waals surface area contributed by atoms with Gasteiger partial charge in [0.15, 0.2) is 6.29 Å². The van der Waals surface area contributed by atoms with Crippen molar-refractivity contribution in [1.82, 2.24) is 0 Å². The Kier molecular flexibility index (Phi) is 6.42. The summed E-state index contributed by atoms with van der Waals surface area (Å²) in [4.78, 5) is 0. The van der Waals surface area contributed by atoms with E-state index in [-0.39, 0.29) is 6.29 Å². The fraction of sp³-hybridized carbons (Fsp3) is 0.833. The van der Waals surface area contributed by atoms with Crippen LogP contribution in [0.15, 0.2) is 0 Å². The minimum atomic E-state index is -0.508. The maximum Gasteiger partial charge on any atom is 0.158 e. The molecule has 0 aromatic rings. The van der Waals surface area contributed by atoms with E-state index >= 15 is 0 Å². The van der Waals surface area contributed by atoms with Gasteiger partial charge in [0.05, 0.1) is 0 Å². The molecule has 0 aromatic heterocycles. The van der Waals surface area contributed by atoms with Crippen LogP contribution in [0.5, 0.6) is 0 Å². The highest BCUT2D eigenvalue weighted by molar-refractivity contribution is 5.04. The maximum absolute atomic E-state index is 9.33. The lowest BCUT2D eigenvalue weighted by atomic mass is 10.2. The van der Waals surface area contributed by atoms with Crippen LogP contribution < -0.4 is 0 Å². The van der Waals surface area contributed by atoms with Gasteiger partial charge in [0.2, 0.25) is 0 Å². The molecule has 1 saturated heterocycles. The van der Waals surface area contributed by atoms with E-state index in [1.165, 1.54) is 0 Å². The molecular weight excluding hydrogens is 192 g/mol. The van der Waals surface area contributed by atoms with Crippen molar-refractivity contribution in [2.45, 2.75) is 51.4 Å². The van der Waals surface area contributed by atoms with Crippen molar-refractivity contribution in [3.63, 3.8) is 0 Å². The largest absolute Gasteiger partial charge is 0.380 e. The van der Waals surface area contributed by atoms with Crippen molar-refractivity contribution < 1.29 is 14.6 Å². The molecule has 0 bridgehead atoms. The normalized spacial score (nSPS) is 22.9. The summed E-state index contributed by atoms with van der Waals surface area (Å²) in [6.07, 6.45) is 4.33. The van der Waals surface area contributed by atoms with E-state index in [0.717, 1.165) is 38.7 Å². The number of hydrogen-bond donors (Lipinski definition) is 1. The molecule has 2 atom stereocenters. The highest BCUT2D eigenvalue weighted by Crippen LogP contribution is 2.12. The first-order chi connectivity index (χ1) is 7.33. The Labute approximate surface area is 91.8 Å². The number of aliphatic hydroxyl groups is 1. The van der Waals surface area contributed by atoms with Crippen LogP contribution in [0.3, 0.4) is 0 Å². The lowest BCUT2D eigenvalue weighted by Crippen LogP contribution is -2.22. The molecule has 3 heteroatoms. The maximum atomic E-state index is 9.33. The van der Waals surface area contributed by atoms with Gasteiger partial charge in [-0.2, -0.15) is 0 Å². The number of rotatable bonds is 4. The van der Waals surface area contributed by atoms with E-state index in [2.05, 4.69) is 11.8 Å². The average molecular weight is 212 g/mol. The third-order valence-electron chi connectivity index (χ3n) is 2.31. The van der Waals surface area contributed by atoms with Gasteiger partial charge in [0, 0.05) is 6.61 Å². The molecule has 15 heavy (non-hydrogen) atoms. The standard InChI is InChI=1S/C12H20O3/c1-2-6-11(13)7-5-10-15-12-8-3-4-9-14-12/h11-13H,2-4,6,8-10H2,1H3. The van der Waals surface area contributed by atoms with Gasteiger partial charge in [0.1, 0.15) is 12.7 Å². The monoisotopic (exact) mass is 212 g/mol. The molecule has 0 amide bonds. The van der Waals surface area contributed by atoms with Crippen LogP contribution in [0.4, 0.5) is 0 Å². The smallest absolute Gasteiger partial charge is 0.158 e. The van der Waals surface area contributed by atoms with Crippen LogP contribution in [0.1, 0.15) is 39.0 Å². The predicted molar refractivity (Wildman–Crippen MR) is 58.2 cm³/mol. The molecule has 86 valence electrons. The molecule has 0 aromatic carbocycles. The Hall–Kier alpha value is -0.560. The minimum absolute atomic E-state index is 0.0867. The predicted octanol–water partition coefficient (Wildman–Crippen LogP) is 1.69. The SMILES string of the molecule is CCCC(O)C#CCOC1CCCCO1. The summed E-state index contributed by atoms with van der Waals surface area (Å²) in [5.41, 5.74) is 0. The first kappa shape index (κ1) is 12.5. The van der Waals surface area contributed by atoms with E-state index in [9.17, 15) is 5.11 Å². The summed E-state index contributed by atoms with van der Waals surface area (Å²) in [6.45, 7) is 3.17. The van der Waals surface area contributed by atoms with E-state index < -0.39 is 6.10 Å². The van der Waals surface area contributed by atoms with E-state index in [1.807, 2.05) is 6.92 Å². The second kappa shape index (κ2) is 7.70. The molecule has 1 N–H and O–H groups in total. The molecule has 1 fully saturated rings. The summed E-state index contributed by atoms with van der Waals surface area (Å²) < 4.78 is 10.8. The molecule has 1 heterocycles. The Morgan fingerprint density at radius 1 is 1.53 bits per heavy atom. The van der Waals surface area contributed by atoms with Crippen molar-refractivity contribution in [1.29, 1.82) is 0 Å². The van der Waals surface area contributed by atoms with Crippen molar-refractivity contribution in [2.24, 2.45) is 0 Å². The van der Waals surface area contributed by atoms with Gasteiger partial charge >= 0.3 is 0 Å². The first-order valence-electron chi connectivity index (χ1n) is 5.72. The fourth-order valence-electron chi connectivity index (χ4n) is 1.48. The topological polar surface area (TPSA) is 38.7 Å². The molecule has 0 saturated carbocycles. The van der Waals surface area contributed by atoms with Crippen molar-refractivity contribution in [2.75, 3.05) is 13.2 Å². The lowest BCUT2D eigenvalue weighted by Gasteiger charge is -2.21. The molecule has 3 nitrogen and oxygen atoms in total. The summed E-state index contributed by atoms with van der Waals surface area (Å²) in [5, 5.41) is 9.33. The van der Waals surface area contributed by atoms with Gasteiger partial charge in [-0.05, 0) is 25.7 Å². The Morgan fingerprint density at radius 2 is 2.40 bits per heavy atom. The van der Waals surface area contributed by atoms with Gasteiger partial charge in [-0.1, -0.05) is 25.2 Å². The number of ether oxygens (including phenoxy) is 2. The van der Waals surface area contributed by atoms with Crippen molar-refractivity contribution in [3.8, 4) is 11.8 Å². The van der Waals surface area contributed by atoms with Gasteiger partial charge in [-0.15, -0.1) is 0 Å². The van der Waals surface area contributed by atoms with Crippen LogP contribution in [-0.4, -0.2) is 30.7 Å². The molecule has 0 spiro atoms. The summed E-state index contributed by atoms with van der Waals surface area (Å²) >= 11 is 0. The third-order valence-corrected chi connectivity index (χ3v) is 2.31. The zero-order chi connectivity index (χ0) is 10.9. The molecule has 0 aliphatic carbocycles. The summed E-state index contributed by atoms with van der Waals surface area (Å²) in [7, 11) is 0. The highest BCUT2D eigenvalue weighted by atomic mass is 16.7. The van der Waals surface area contributed by atoms with Gasteiger partial charge in [-0.3, -0.25) is 0 Å². The minimum Gasteiger partial charge on any atom is -0.380 e. The molecule has 2 unspecified atom stereocenters. The highest BCUT2D eigenvalue weighted by Gasteiger charge is 2.12. The van der Waals surface area contributed by atoms with Crippen LogP contribution in [0.25, 0.3) is 0 Å². The van der Waals surface area contributed by atoms with Crippen LogP contribution in [0, 0.1) is 11.8 Å².